The normalized spacial score (nSPS) is 12.3. The zero-order valence-corrected chi connectivity index (χ0v) is 14.5. The van der Waals surface area contributed by atoms with Crippen molar-refractivity contribution in [3.63, 3.8) is 0 Å². The van der Waals surface area contributed by atoms with Crippen molar-refractivity contribution in [2.75, 3.05) is 17.7 Å². The molecule has 1 atom stereocenters. The van der Waals surface area contributed by atoms with Crippen LogP contribution in [0.5, 0.6) is 0 Å². The quantitative estimate of drug-likeness (QED) is 0.510. The monoisotopic (exact) mass is 396 g/mol. The highest BCUT2D eigenvalue weighted by Crippen LogP contribution is 2.29. The highest BCUT2D eigenvalue weighted by Gasteiger charge is 2.19. The number of amides is 2. The number of pyridine rings is 1. The lowest BCUT2D eigenvalue weighted by atomic mass is 10.1. The Morgan fingerprint density at radius 2 is 2.07 bits per heavy atom. The average Bonchev–Trinajstić information content (AvgIpc) is 3.03. The third-order valence-electron chi connectivity index (χ3n) is 3.71. The molecule has 0 bridgehead atoms. The second-order valence-corrected chi connectivity index (χ2v) is 5.85. The van der Waals surface area contributed by atoms with Crippen molar-refractivity contribution in [2.45, 2.75) is 12.7 Å². The first kappa shape index (κ1) is 18.8. The number of fused-ring (bicyclic) bond motifs is 1. The standard InChI is InChI=1S/C16H15ClF2N6O2/c17-11-12-9(13(20)25-24-12)6-21-14(11)23-16(26)22-10(7-27-15(18)19)8-4-2-1-3-5-8/h1-6,10,15H,7H2,(H3,20,24,25)(H2,21,22,23,26). The van der Waals surface area contributed by atoms with Crippen LogP contribution in [0.15, 0.2) is 36.5 Å². The summed E-state index contributed by atoms with van der Waals surface area (Å²) in [6.45, 7) is -3.36. The average molecular weight is 397 g/mol. The van der Waals surface area contributed by atoms with Gasteiger partial charge in [0.2, 0.25) is 0 Å². The Kier molecular flexibility index (Phi) is 5.67. The van der Waals surface area contributed by atoms with Crippen LogP contribution in [0.1, 0.15) is 11.6 Å². The molecule has 0 fully saturated rings. The minimum absolute atomic E-state index is 0.0620. The van der Waals surface area contributed by atoms with Crippen molar-refractivity contribution < 1.29 is 18.3 Å². The summed E-state index contributed by atoms with van der Waals surface area (Å²) >= 11 is 6.20. The third kappa shape index (κ3) is 4.41. The van der Waals surface area contributed by atoms with Crippen LogP contribution in [0.3, 0.4) is 0 Å². The summed E-state index contributed by atoms with van der Waals surface area (Å²) in [5.41, 5.74) is 6.69. The van der Waals surface area contributed by atoms with Gasteiger partial charge in [-0.3, -0.25) is 10.4 Å². The Bertz CT molecular complexity index is 937. The van der Waals surface area contributed by atoms with Crippen LogP contribution < -0.4 is 16.4 Å². The molecule has 3 rings (SSSR count). The maximum atomic E-state index is 12.4. The lowest BCUT2D eigenvalue weighted by Gasteiger charge is -2.19. The van der Waals surface area contributed by atoms with E-state index < -0.39 is 25.3 Å². The number of carbonyl (C=O) groups excluding carboxylic acids is 1. The number of halogens is 3. The SMILES string of the molecule is Nc1n[nH]c2c(Cl)c(NC(=O)NC(COC(F)F)c3ccccc3)ncc12. The molecule has 0 aliphatic rings. The molecule has 0 aliphatic carbocycles. The van der Waals surface area contributed by atoms with E-state index in [-0.39, 0.29) is 16.7 Å². The van der Waals surface area contributed by atoms with Crippen LogP contribution >= 0.6 is 11.6 Å². The first-order valence-corrected chi connectivity index (χ1v) is 8.13. The molecule has 0 spiro atoms. The van der Waals surface area contributed by atoms with E-state index in [4.69, 9.17) is 17.3 Å². The number of nitrogens with zero attached hydrogens (tertiary/aromatic N) is 2. The number of aromatic nitrogens is 3. The van der Waals surface area contributed by atoms with Gasteiger partial charge in [0, 0.05) is 6.20 Å². The number of H-pyrrole nitrogens is 1. The molecule has 5 N–H and O–H groups in total. The number of alkyl halides is 2. The molecule has 11 heteroatoms. The lowest BCUT2D eigenvalue weighted by Crippen LogP contribution is -2.35. The molecule has 27 heavy (non-hydrogen) atoms. The second-order valence-electron chi connectivity index (χ2n) is 5.47. The number of ether oxygens (including phenoxy) is 1. The van der Waals surface area contributed by atoms with Crippen molar-refractivity contribution in [3.05, 3.63) is 47.1 Å². The van der Waals surface area contributed by atoms with Gasteiger partial charge >= 0.3 is 12.6 Å². The summed E-state index contributed by atoms with van der Waals surface area (Å²) in [5.74, 6) is 0.288. The van der Waals surface area contributed by atoms with Gasteiger partial charge in [-0.05, 0) is 5.56 Å². The van der Waals surface area contributed by atoms with E-state index in [0.29, 0.717) is 16.5 Å². The van der Waals surface area contributed by atoms with Crippen molar-refractivity contribution in [2.24, 2.45) is 0 Å². The number of urea groups is 1. The van der Waals surface area contributed by atoms with Crippen LogP contribution in [0.2, 0.25) is 5.02 Å². The maximum absolute atomic E-state index is 12.4. The summed E-state index contributed by atoms with van der Waals surface area (Å²) in [6.07, 6.45) is 1.41. The molecule has 3 aromatic rings. The number of carbonyl (C=O) groups is 1. The molecule has 0 saturated carbocycles. The van der Waals surface area contributed by atoms with Crippen molar-refractivity contribution in [3.8, 4) is 0 Å². The Balaban J connectivity index is 1.75. The number of nitrogen functional groups attached to an aromatic ring is 1. The lowest BCUT2D eigenvalue weighted by molar-refractivity contribution is -0.133. The molecular weight excluding hydrogens is 382 g/mol. The number of rotatable bonds is 6. The summed E-state index contributed by atoms with van der Waals surface area (Å²) in [4.78, 5) is 16.4. The molecule has 8 nitrogen and oxygen atoms in total. The Morgan fingerprint density at radius 3 is 2.78 bits per heavy atom. The fourth-order valence-electron chi connectivity index (χ4n) is 2.43. The van der Waals surface area contributed by atoms with Gasteiger partial charge in [0.05, 0.1) is 23.6 Å². The maximum Gasteiger partial charge on any atom is 0.345 e. The summed E-state index contributed by atoms with van der Waals surface area (Å²) in [5, 5.41) is 12.1. The predicted molar refractivity (Wildman–Crippen MR) is 96.6 cm³/mol. The van der Waals surface area contributed by atoms with E-state index >= 15 is 0 Å². The fraction of sp³-hybridized carbons (Fsp3) is 0.188. The van der Waals surface area contributed by atoms with Crippen molar-refractivity contribution >= 4 is 40.2 Å². The van der Waals surface area contributed by atoms with Crippen molar-refractivity contribution in [1.29, 1.82) is 0 Å². The van der Waals surface area contributed by atoms with E-state index in [1.165, 1.54) is 6.20 Å². The van der Waals surface area contributed by atoms with E-state index in [1.54, 1.807) is 30.3 Å². The van der Waals surface area contributed by atoms with E-state index in [9.17, 15) is 13.6 Å². The van der Waals surface area contributed by atoms with E-state index in [0.717, 1.165) is 0 Å². The number of anilines is 2. The molecule has 0 saturated heterocycles. The molecule has 0 radical (unpaired) electrons. The fourth-order valence-corrected chi connectivity index (χ4v) is 2.67. The zero-order chi connectivity index (χ0) is 19.4. The number of aromatic amines is 1. The number of benzene rings is 1. The highest BCUT2D eigenvalue weighted by atomic mass is 35.5. The topological polar surface area (TPSA) is 118 Å². The molecule has 1 unspecified atom stereocenters. The van der Waals surface area contributed by atoms with Gasteiger partial charge in [-0.1, -0.05) is 41.9 Å². The Hall–Kier alpha value is -2.98. The third-order valence-corrected chi connectivity index (χ3v) is 4.08. The second kappa shape index (κ2) is 8.14. The van der Waals surface area contributed by atoms with Crippen LogP contribution in [0, 0.1) is 0 Å². The van der Waals surface area contributed by atoms with Gasteiger partial charge in [0.25, 0.3) is 0 Å². The number of nitrogens with two attached hydrogens (primary N) is 1. The van der Waals surface area contributed by atoms with Crippen LogP contribution in [-0.4, -0.2) is 34.4 Å². The Labute approximate surface area is 157 Å². The zero-order valence-electron chi connectivity index (χ0n) is 13.7. The molecule has 0 aliphatic heterocycles. The van der Waals surface area contributed by atoms with Gasteiger partial charge in [0.15, 0.2) is 11.6 Å². The molecule has 1 aromatic carbocycles. The largest absolute Gasteiger partial charge is 0.382 e. The minimum atomic E-state index is -2.95. The predicted octanol–water partition coefficient (Wildman–Crippen LogP) is 3.30. The molecule has 2 aromatic heterocycles. The molecule has 2 heterocycles. The molecule has 142 valence electrons. The van der Waals surface area contributed by atoms with Gasteiger partial charge in [-0.2, -0.15) is 13.9 Å². The van der Waals surface area contributed by atoms with Gasteiger partial charge < -0.3 is 15.8 Å². The number of hydrogen-bond acceptors (Lipinski definition) is 5. The Morgan fingerprint density at radius 1 is 1.33 bits per heavy atom. The molecule has 2 amide bonds. The summed E-state index contributed by atoms with van der Waals surface area (Å²) in [6, 6.07) is 7.09. The summed E-state index contributed by atoms with van der Waals surface area (Å²) < 4.78 is 29.2. The highest BCUT2D eigenvalue weighted by molar-refractivity contribution is 6.38. The first-order valence-electron chi connectivity index (χ1n) is 7.76. The number of hydrogen-bond donors (Lipinski definition) is 4. The van der Waals surface area contributed by atoms with Gasteiger partial charge in [0.1, 0.15) is 5.02 Å². The minimum Gasteiger partial charge on any atom is -0.382 e. The smallest absolute Gasteiger partial charge is 0.345 e. The first-order chi connectivity index (χ1) is 13.0. The van der Waals surface area contributed by atoms with Gasteiger partial charge in [-0.25, -0.2) is 9.78 Å². The summed E-state index contributed by atoms with van der Waals surface area (Å²) in [7, 11) is 0. The number of nitrogens with one attached hydrogen (secondary N) is 3. The van der Waals surface area contributed by atoms with Gasteiger partial charge in [-0.15, -0.1) is 0 Å². The van der Waals surface area contributed by atoms with E-state index in [2.05, 4.69) is 30.6 Å². The van der Waals surface area contributed by atoms with Crippen molar-refractivity contribution in [1.82, 2.24) is 20.5 Å². The van der Waals surface area contributed by atoms with E-state index in [1.807, 2.05) is 0 Å². The molecular formula is C16H15ClF2N6O2. The van der Waals surface area contributed by atoms with Crippen LogP contribution in [-0.2, 0) is 4.74 Å². The van der Waals surface area contributed by atoms with Crippen LogP contribution in [0.4, 0.5) is 25.2 Å². The van der Waals surface area contributed by atoms with Crippen LogP contribution in [0.25, 0.3) is 10.9 Å².